The zero-order valence-electron chi connectivity index (χ0n) is 16.0. The third-order valence-electron chi connectivity index (χ3n) is 4.14. The number of amides is 3. The first-order valence-corrected chi connectivity index (χ1v) is 9.24. The number of anilines is 2. The number of nitrogens with one attached hydrogen (secondary N) is 2. The van der Waals surface area contributed by atoms with Crippen molar-refractivity contribution in [3.05, 3.63) is 82.6 Å². The zero-order chi connectivity index (χ0) is 21.5. The number of para-hydroxylation sites is 1. The Morgan fingerprint density at radius 2 is 1.93 bits per heavy atom. The van der Waals surface area contributed by atoms with Gasteiger partial charge in [0.2, 0.25) is 0 Å². The van der Waals surface area contributed by atoms with E-state index in [1.165, 1.54) is 17.2 Å². The summed E-state index contributed by atoms with van der Waals surface area (Å²) in [6, 6.07) is 16.5. The number of hydrogen-bond donors (Lipinski definition) is 2. The highest BCUT2D eigenvalue weighted by atomic mass is 35.5. The van der Waals surface area contributed by atoms with Crippen LogP contribution in [0.1, 0.15) is 21.6 Å². The molecule has 0 radical (unpaired) electrons. The van der Waals surface area contributed by atoms with E-state index in [0.29, 0.717) is 27.5 Å². The minimum absolute atomic E-state index is 0.145. The maximum atomic E-state index is 12.5. The van der Waals surface area contributed by atoms with E-state index in [1.807, 2.05) is 6.07 Å². The lowest BCUT2D eigenvalue weighted by molar-refractivity contribution is 0.102. The quantitative estimate of drug-likeness (QED) is 0.649. The third-order valence-corrected chi connectivity index (χ3v) is 4.46. The van der Waals surface area contributed by atoms with E-state index in [9.17, 15) is 9.59 Å². The van der Waals surface area contributed by atoms with Crippen molar-refractivity contribution in [2.45, 2.75) is 6.54 Å². The van der Waals surface area contributed by atoms with Gasteiger partial charge in [-0.3, -0.25) is 4.79 Å². The maximum Gasteiger partial charge on any atom is 0.321 e. The van der Waals surface area contributed by atoms with Crippen LogP contribution < -0.4 is 10.6 Å². The standard InChI is InChI=1S/C21H17ClN6O2/c1-28(21(30)25-16-7-2-5-14(11-16)12-23)13-15-6-3-8-17(22)19(15)26-20(29)18-9-4-10-24-27-18/h2-11H,13H2,1H3,(H,25,30)(H,26,29). The van der Waals surface area contributed by atoms with Crippen molar-refractivity contribution in [2.24, 2.45) is 0 Å². The molecule has 0 unspecified atom stereocenters. The van der Waals surface area contributed by atoms with Crippen LogP contribution in [0.15, 0.2) is 60.8 Å². The molecule has 0 bridgehead atoms. The van der Waals surface area contributed by atoms with E-state index in [4.69, 9.17) is 16.9 Å². The van der Waals surface area contributed by atoms with Crippen LogP contribution in [0, 0.1) is 11.3 Å². The van der Waals surface area contributed by atoms with Crippen molar-refractivity contribution in [2.75, 3.05) is 17.7 Å². The van der Waals surface area contributed by atoms with E-state index in [2.05, 4.69) is 20.8 Å². The van der Waals surface area contributed by atoms with Gasteiger partial charge >= 0.3 is 6.03 Å². The minimum atomic E-state index is -0.460. The van der Waals surface area contributed by atoms with E-state index < -0.39 is 5.91 Å². The van der Waals surface area contributed by atoms with Crippen molar-refractivity contribution in [1.82, 2.24) is 15.1 Å². The molecule has 0 spiro atoms. The van der Waals surface area contributed by atoms with Crippen molar-refractivity contribution in [3.8, 4) is 6.07 Å². The zero-order valence-corrected chi connectivity index (χ0v) is 16.7. The van der Waals surface area contributed by atoms with Gasteiger partial charge in [0, 0.05) is 25.5 Å². The number of halogens is 1. The lowest BCUT2D eigenvalue weighted by Crippen LogP contribution is -2.31. The van der Waals surface area contributed by atoms with Gasteiger partial charge in [-0.05, 0) is 42.0 Å². The second-order valence-electron chi connectivity index (χ2n) is 6.32. The largest absolute Gasteiger partial charge is 0.323 e. The number of benzene rings is 2. The lowest BCUT2D eigenvalue weighted by atomic mass is 10.1. The molecule has 8 nitrogen and oxygen atoms in total. The summed E-state index contributed by atoms with van der Waals surface area (Å²) in [5.41, 5.74) is 2.13. The first kappa shape index (κ1) is 20.8. The molecule has 3 aromatic rings. The van der Waals surface area contributed by atoms with Gasteiger partial charge in [0.05, 0.1) is 22.3 Å². The molecule has 0 saturated heterocycles. The average molecular weight is 421 g/mol. The Morgan fingerprint density at radius 1 is 1.13 bits per heavy atom. The van der Waals surface area contributed by atoms with Gasteiger partial charge in [-0.25, -0.2) is 4.79 Å². The first-order chi connectivity index (χ1) is 14.5. The predicted octanol–water partition coefficient (Wildman–Crippen LogP) is 3.92. The van der Waals surface area contributed by atoms with E-state index in [0.717, 1.165) is 0 Å². The molecule has 1 aromatic heterocycles. The Hall–Kier alpha value is -3.96. The maximum absolute atomic E-state index is 12.5. The molecule has 2 N–H and O–H groups in total. The second-order valence-corrected chi connectivity index (χ2v) is 6.72. The number of hydrogen-bond acceptors (Lipinski definition) is 5. The fraction of sp³-hybridized carbons (Fsp3) is 0.0952. The number of carbonyl (C=O) groups is 2. The molecule has 0 saturated carbocycles. The SMILES string of the molecule is CN(Cc1cccc(Cl)c1NC(=O)c1cccnn1)C(=O)Nc1cccc(C#N)c1. The van der Waals surface area contributed by atoms with Crippen LogP contribution in [-0.4, -0.2) is 34.1 Å². The fourth-order valence-electron chi connectivity index (χ4n) is 2.65. The molecule has 0 aliphatic rings. The minimum Gasteiger partial charge on any atom is -0.323 e. The molecule has 0 atom stereocenters. The van der Waals surface area contributed by atoms with E-state index in [-0.39, 0.29) is 18.3 Å². The van der Waals surface area contributed by atoms with Gasteiger partial charge in [-0.2, -0.15) is 10.4 Å². The number of carbonyl (C=O) groups excluding carboxylic acids is 2. The van der Waals surface area contributed by atoms with Crippen molar-refractivity contribution < 1.29 is 9.59 Å². The van der Waals surface area contributed by atoms with Crippen molar-refractivity contribution in [3.63, 3.8) is 0 Å². The van der Waals surface area contributed by atoms with Gasteiger partial charge < -0.3 is 15.5 Å². The van der Waals surface area contributed by atoms with Crippen molar-refractivity contribution in [1.29, 1.82) is 5.26 Å². The normalized spacial score (nSPS) is 10.0. The fourth-order valence-corrected chi connectivity index (χ4v) is 2.89. The van der Waals surface area contributed by atoms with Crippen LogP contribution in [-0.2, 0) is 6.54 Å². The molecule has 3 rings (SSSR count). The highest BCUT2D eigenvalue weighted by molar-refractivity contribution is 6.34. The number of rotatable bonds is 5. The summed E-state index contributed by atoms with van der Waals surface area (Å²) >= 11 is 6.29. The number of nitriles is 1. The van der Waals surface area contributed by atoms with Crippen LogP contribution in [0.25, 0.3) is 0 Å². The molecular formula is C21H17ClN6O2. The Labute approximate surface area is 178 Å². The third kappa shape index (κ3) is 5.10. The summed E-state index contributed by atoms with van der Waals surface area (Å²) in [6.45, 7) is 0.181. The van der Waals surface area contributed by atoms with Crippen LogP contribution in [0.3, 0.4) is 0 Å². The Balaban J connectivity index is 1.74. The lowest BCUT2D eigenvalue weighted by Gasteiger charge is -2.20. The molecule has 3 amide bonds. The summed E-state index contributed by atoms with van der Waals surface area (Å²) < 4.78 is 0. The molecule has 9 heteroatoms. The van der Waals surface area contributed by atoms with Crippen molar-refractivity contribution >= 4 is 34.9 Å². The summed E-state index contributed by atoms with van der Waals surface area (Å²) in [5, 5.41) is 22.3. The number of urea groups is 1. The molecule has 1 heterocycles. The summed E-state index contributed by atoms with van der Waals surface area (Å²) in [7, 11) is 1.61. The summed E-state index contributed by atoms with van der Waals surface area (Å²) in [5.74, 6) is -0.460. The monoisotopic (exact) mass is 420 g/mol. The predicted molar refractivity (Wildman–Crippen MR) is 113 cm³/mol. The molecule has 0 fully saturated rings. The van der Waals surface area contributed by atoms with Gasteiger partial charge in [0.1, 0.15) is 0 Å². The Kier molecular flexibility index (Phi) is 6.57. The molecule has 30 heavy (non-hydrogen) atoms. The van der Waals surface area contributed by atoms with E-state index >= 15 is 0 Å². The Morgan fingerprint density at radius 3 is 2.67 bits per heavy atom. The Bertz CT molecular complexity index is 1110. The van der Waals surface area contributed by atoms with Gasteiger partial charge in [-0.1, -0.05) is 29.8 Å². The van der Waals surface area contributed by atoms with E-state index in [1.54, 1.807) is 55.6 Å². The van der Waals surface area contributed by atoms with Gasteiger partial charge in [-0.15, -0.1) is 5.10 Å². The molecule has 150 valence electrons. The van der Waals surface area contributed by atoms with Crippen LogP contribution >= 0.6 is 11.6 Å². The number of aromatic nitrogens is 2. The smallest absolute Gasteiger partial charge is 0.321 e. The molecule has 0 aliphatic carbocycles. The first-order valence-electron chi connectivity index (χ1n) is 8.86. The van der Waals surface area contributed by atoms with Crippen LogP contribution in [0.5, 0.6) is 0 Å². The van der Waals surface area contributed by atoms with Crippen LogP contribution in [0.4, 0.5) is 16.2 Å². The number of nitrogens with zero attached hydrogens (tertiary/aromatic N) is 4. The average Bonchev–Trinajstić information content (AvgIpc) is 2.76. The van der Waals surface area contributed by atoms with Crippen LogP contribution in [0.2, 0.25) is 5.02 Å². The highest BCUT2D eigenvalue weighted by Gasteiger charge is 2.17. The molecular weight excluding hydrogens is 404 g/mol. The van der Waals surface area contributed by atoms with Gasteiger partial charge in [0.15, 0.2) is 5.69 Å². The highest BCUT2D eigenvalue weighted by Crippen LogP contribution is 2.27. The summed E-state index contributed by atoms with van der Waals surface area (Å²) in [4.78, 5) is 26.4. The summed E-state index contributed by atoms with van der Waals surface area (Å²) in [6.07, 6.45) is 1.47. The van der Waals surface area contributed by atoms with Gasteiger partial charge in [0.25, 0.3) is 5.91 Å². The second kappa shape index (κ2) is 9.49. The molecule has 0 aliphatic heterocycles. The topological polar surface area (TPSA) is 111 Å². The molecule has 2 aromatic carbocycles.